The number of unbranched alkanes of at least 4 members (excludes halogenated alkanes) is 14. The first kappa shape index (κ1) is 32.2. The average Bonchev–Trinajstić information content (AvgIpc) is 2.75. The van der Waals surface area contributed by atoms with Crippen molar-refractivity contribution in [3.05, 3.63) is 0 Å². The van der Waals surface area contributed by atoms with E-state index in [2.05, 4.69) is 27.9 Å². The molecule has 0 spiro atoms. The van der Waals surface area contributed by atoms with Gasteiger partial charge in [-0.3, -0.25) is 0 Å². The van der Waals surface area contributed by atoms with Crippen LogP contribution >= 0.6 is 11.6 Å². The number of halogens is 1. The molecule has 0 aromatic heterocycles. The average molecular weight is 475 g/mol. The van der Waals surface area contributed by atoms with Gasteiger partial charge in [-0.25, -0.2) is 0 Å². The Hall–Kier alpha value is 0.210. The molecule has 0 aliphatic heterocycles. The molecule has 0 aromatic carbocycles. The number of aliphatic hydroxyl groups is 1. The highest BCUT2D eigenvalue weighted by molar-refractivity contribution is 6.20. The summed E-state index contributed by atoms with van der Waals surface area (Å²) in [5.74, 6) is 0. The Bertz CT molecular complexity index is 385. The van der Waals surface area contributed by atoms with E-state index in [1.165, 1.54) is 109 Å². The molecule has 0 heterocycles. The van der Waals surface area contributed by atoms with E-state index in [0.717, 1.165) is 30.3 Å². The van der Waals surface area contributed by atoms with Gasteiger partial charge in [-0.05, 0) is 26.2 Å². The molecule has 0 amide bonds. The summed E-state index contributed by atoms with van der Waals surface area (Å²) in [5, 5.41) is 10.4. The molecule has 2 nitrogen and oxygen atoms in total. The third kappa shape index (κ3) is 19.7. The first-order valence-corrected chi connectivity index (χ1v) is 14.9. The summed E-state index contributed by atoms with van der Waals surface area (Å²) < 4.78 is 1.00. The SMILES string of the molecule is CCCCCCCCCCCC(CC(C)O)[N+](C)(C)CCC(Cl)CCCCCCCCC. The fourth-order valence-electron chi connectivity index (χ4n) is 4.96. The molecule has 0 saturated heterocycles. The fourth-order valence-corrected chi connectivity index (χ4v) is 5.21. The molecule has 0 aliphatic carbocycles. The van der Waals surface area contributed by atoms with Gasteiger partial charge in [-0.2, -0.15) is 0 Å². The quantitative estimate of drug-likeness (QED) is 0.0838. The second-order valence-electron chi connectivity index (χ2n) is 11.2. The van der Waals surface area contributed by atoms with Gasteiger partial charge in [0, 0.05) is 18.2 Å². The van der Waals surface area contributed by atoms with Crippen LogP contribution in [0.5, 0.6) is 0 Å². The molecule has 0 radical (unpaired) electrons. The van der Waals surface area contributed by atoms with E-state index in [0.29, 0.717) is 11.4 Å². The molecule has 0 aliphatic rings. The van der Waals surface area contributed by atoms with Crippen LogP contribution < -0.4 is 0 Å². The Morgan fingerprint density at radius 2 is 1.03 bits per heavy atom. The van der Waals surface area contributed by atoms with Crippen LogP contribution in [0.4, 0.5) is 0 Å². The summed E-state index contributed by atoms with van der Waals surface area (Å²) in [7, 11) is 4.72. The minimum atomic E-state index is -0.213. The lowest BCUT2D eigenvalue weighted by molar-refractivity contribution is -0.916. The fraction of sp³-hybridized carbons (Fsp3) is 1.00. The van der Waals surface area contributed by atoms with Gasteiger partial charge in [0.1, 0.15) is 0 Å². The lowest BCUT2D eigenvalue weighted by atomic mass is 9.98. The van der Waals surface area contributed by atoms with Gasteiger partial charge in [0.25, 0.3) is 0 Å². The summed E-state index contributed by atoms with van der Waals surface area (Å²) in [4.78, 5) is 0. The molecule has 3 heteroatoms. The highest BCUT2D eigenvalue weighted by Gasteiger charge is 2.29. The molecule has 3 atom stereocenters. The molecule has 0 saturated carbocycles. The van der Waals surface area contributed by atoms with E-state index in [1.54, 1.807) is 0 Å². The monoisotopic (exact) mass is 474 g/mol. The highest BCUT2D eigenvalue weighted by atomic mass is 35.5. The van der Waals surface area contributed by atoms with Crippen LogP contribution in [0.25, 0.3) is 0 Å². The first-order valence-electron chi connectivity index (χ1n) is 14.5. The zero-order chi connectivity index (χ0) is 24.1. The van der Waals surface area contributed by atoms with Gasteiger partial charge in [-0.15, -0.1) is 11.6 Å². The summed E-state index contributed by atoms with van der Waals surface area (Å²) >= 11 is 6.71. The number of hydrogen-bond acceptors (Lipinski definition) is 1. The van der Waals surface area contributed by atoms with E-state index < -0.39 is 0 Å². The molecule has 194 valence electrons. The molecular weight excluding hydrogens is 414 g/mol. The van der Waals surface area contributed by atoms with Crippen molar-refractivity contribution >= 4 is 11.6 Å². The minimum absolute atomic E-state index is 0.213. The maximum absolute atomic E-state index is 10.1. The van der Waals surface area contributed by atoms with Crippen LogP contribution in [0, 0.1) is 0 Å². The van der Waals surface area contributed by atoms with Crippen LogP contribution in [-0.2, 0) is 0 Å². The number of nitrogens with zero attached hydrogens (tertiary/aromatic N) is 1. The Labute approximate surface area is 208 Å². The summed E-state index contributed by atoms with van der Waals surface area (Å²) in [5.41, 5.74) is 0. The molecule has 0 bridgehead atoms. The number of aliphatic hydroxyl groups excluding tert-OH is 1. The van der Waals surface area contributed by atoms with E-state index in [-0.39, 0.29) is 6.10 Å². The standard InChI is InChI=1S/C29H61ClNO/c1-6-8-10-12-14-15-17-19-21-23-29(26-27(3)32)31(4,5)25-24-28(30)22-20-18-16-13-11-9-7-2/h27-29,32H,6-26H2,1-5H3/q+1. The van der Waals surface area contributed by atoms with Crippen LogP contribution in [-0.4, -0.2) is 47.8 Å². The van der Waals surface area contributed by atoms with Crippen molar-refractivity contribution in [1.82, 2.24) is 0 Å². The predicted molar refractivity (Wildman–Crippen MR) is 146 cm³/mol. The molecule has 0 fully saturated rings. The van der Waals surface area contributed by atoms with Gasteiger partial charge in [-0.1, -0.05) is 110 Å². The lowest BCUT2D eigenvalue weighted by Crippen LogP contribution is -2.51. The predicted octanol–water partition coefficient (Wildman–Crippen LogP) is 9.26. The van der Waals surface area contributed by atoms with Gasteiger partial charge in [0.15, 0.2) is 0 Å². The molecule has 0 rings (SSSR count). The lowest BCUT2D eigenvalue weighted by Gasteiger charge is -2.39. The van der Waals surface area contributed by atoms with Gasteiger partial charge in [0.05, 0.1) is 32.8 Å². The minimum Gasteiger partial charge on any atom is -0.393 e. The maximum atomic E-state index is 10.1. The summed E-state index contributed by atoms with van der Waals surface area (Å²) in [6.45, 7) is 7.64. The van der Waals surface area contributed by atoms with Crippen LogP contribution in [0.2, 0.25) is 0 Å². The van der Waals surface area contributed by atoms with E-state index in [1.807, 2.05) is 6.92 Å². The molecule has 1 N–H and O–H groups in total. The summed E-state index contributed by atoms with van der Waals surface area (Å²) in [6.07, 6.45) is 26.1. The van der Waals surface area contributed by atoms with Crippen LogP contribution in [0.1, 0.15) is 149 Å². The third-order valence-corrected chi connectivity index (χ3v) is 7.82. The van der Waals surface area contributed by atoms with Gasteiger partial charge in [0.2, 0.25) is 0 Å². The second-order valence-corrected chi connectivity index (χ2v) is 11.8. The van der Waals surface area contributed by atoms with Gasteiger partial charge < -0.3 is 9.59 Å². The molecule has 32 heavy (non-hydrogen) atoms. The van der Waals surface area contributed by atoms with Crippen molar-refractivity contribution in [2.24, 2.45) is 0 Å². The van der Waals surface area contributed by atoms with Crippen LogP contribution in [0.15, 0.2) is 0 Å². The first-order chi connectivity index (χ1) is 15.3. The Kier molecular flexibility index (Phi) is 21.9. The highest BCUT2D eigenvalue weighted by Crippen LogP contribution is 2.23. The van der Waals surface area contributed by atoms with Crippen molar-refractivity contribution in [2.45, 2.75) is 167 Å². The number of quaternary nitrogens is 1. The summed E-state index contributed by atoms with van der Waals surface area (Å²) in [6, 6.07) is 0.544. The third-order valence-electron chi connectivity index (χ3n) is 7.38. The molecular formula is C29H61ClNO+. The Balaban J connectivity index is 4.11. The van der Waals surface area contributed by atoms with Crippen molar-refractivity contribution in [2.75, 3.05) is 20.6 Å². The number of rotatable bonds is 24. The van der Waals surface area contributed by atoms with E-state index in [4.69, 9.17) is 11.6 Å². The van der Waals surface area contributed by atoms with Crippen molar-refractivity contribution < 1.29 is 9.59 Å². The van der Waals surface area contributed by atoms with Crippen LogP contribution in [0.3, 0.4) is 0 Å². The zero-order valence-corrected chi connectivity index (χ0v) is 23.6. The van der Waals surface area contributed by atoms with E-state index in [9.17, 15) is 5.11 Å². The smallest absolute Gasteiger partial charge is 0.0911 e. The number of hydrogen-bond donors (Lipinski definition) is 1. The molecule has 0 aromatic rings. The number of alkyl halides is 1. The largest absolute Gasteiger partial charge is 0.393 e. The van der Waals surface area contributed by atoms with Crippen molar-refractivity contribution in [1.29, 1.82) is 0 Å². The topological polar surface area (TPSA) is 20.2 Å². The second kappa shape index (κ2) is 21.7. The van der Waals surface area contributed by atoms with E-state index >= 15 is 0 Å². The van der Waals surface area contributed by atoms with Crippen molar-refractivity contribution in [3.63, 3.8) is 0 Å². The van der Waals surface area contributed by atoms with Gasteiger partial charge >= 0.3 is 0 Å². The normalized spacial score (nSPS) is 15.1. The molecule has 3 unspecified atom stereocenters. The Morgan fingerprint density at radius 1 is 0.625 bits per heavy atom. The maximum Gasteiger partial charge on any atom is 0.0911 e. The zero-order valence-electron chi connectivity index (χ0n) is 22.9. The Morgan fingerprint density at radius 3 is 1.47 bits per heavy atom. The van der Waals surface area contributed by atoms with Crippen molar-refractivity contribution in [3.8, 4) is 0 Å².